The van der Waals surface area contributed by atoms with Crippen LogP contribution in [-0.2, 0) is 26.1 Å². The van der Waals surface area contributed by atoms with Crippen molar-refractivity contribution in [3.05, 3.63) is 46.9 Å². The molecule has 1 aliphatic heterocycles. The average Bonchev–Trinajstić information content (AvgIpc) is 3.69. The topological polar surface area (TPSA) is 79.5 Å². The molecule has 1 aromatic carbocycles. The van der Waals surface area contributed by atoms with Crippen molar-refractivity contribution < 1.29 is 27.0 Å². The van der Waals surface area contributed by atoms with E-state index in [1.54, 1.807) is 23.5 Å². The van der Waals surface area contributed by atoms with Gasteiger partial charge in [-0.25, -0.2) is 8.42 Å². The van der Waals surface area contributed by atoms with Crippen molar-refractivity contribution in [2.24, 2.45) is 5.92 Å². The summed E-state index contributed by atoms with van der Waals surface area (Å²) in [5.41, 5.74) is 3.12. The van der Waals surface area contributed by atoms with Gasteiger partial charge in [-0.3, -0.25) is 0 Å². The number of benzene rings is 1. The predicted molar refractivity (Wildman–Crippen MR) is 181 cm³/mol. The maximum atomic E-state index is 10.4. The molecule has 8 heteroatoms. The maximum absolute atomic E-state index is 10.4. The number of rotatable bonds is 24. The molecule has 1 aliphatic rings. The van der Waals surface area contributed by atoms with E-state index < -0.39 is 10.1 Å². The zero-order chi connectivity index (χ0) is 31.7. The predicted octanol–water partition coefficient (Wildman–Crippen LogP) is 9.40. The average molecular weight is 652 g/mol. The van der Waals surface area contributed by atoms with Crippen molar-refractivity contribution in [2.45, 2.75) is 153 Å². The highest BCUT2D eigenvalue weighted by molar-refractivity contribution is 7.85. The molecule has 252 valence electrons. The molecule has 3 rings (SSSR count). The monoisotopic (exact) mass is 651 g/mol. The van der Waals surface area contributed by atoms with Gasteiger partial charge in [0.05, 0.1) is 23.0 Å². The van der Waals surface area contributed by atoms with Crippen molar-refractivity contribution in [1.29, 1.82) is 0 Å². The molecule has 2 heterocycles. The number of aryl methyl sites for hydroxylation is 2. The van der Waals surface area contributed by atoms with Crippen LogP contribution in [0.15, 0.2) is 46.2 Å². The summed E-state index contributed by atoms with van der Waals surface area (Å²) < 4.78 is 45.4. The largest absolute Gasteiger partial charge is 0.744 e. The van der Waals surface area contributed by atoms with Gasteiger partial charge in [0, 0.05) is 19.6 Å². The van der Waals surface area contributed by atoms with Crippen LogP contribution in [-0.4, -0.2) is 38.9 Å². The number of nitrogens with zero attached hydrogens (tertiary/aromatic N) is 1. The highest BCUT2D eigenvalue weighted by Crippen LogP contribution is 2.25. The minimum Gasteiger partial charge on any atom is -0.744 e. The molecule has 0 bridgehead atoms. The normalized spacial score (nSPS) is 16.6. The Bertz CT molecular complexity index is 1030. The van der Waals surface area contributed by atoms with Crippen LogP contribution >= 0.6 is 11.3 Å². The molecule has 0 N–H and O–H groups in total. The fraction of sp³-hybridized carbons (Fsp3) is 0.750. The van der Waals surface area contributed by atoms with E-state index in [0.717, 1.165) is 31.3 Å². The van der Waals surface area contributed by atoms with Crippen LogP contribution < -0.4 is 4.57 Å². The molecular weight excluding hydrogens is 591 g/mol. The molecule has 2 unspecified atom stereocenters. The van der Waals surface area contributed by atoms with Gasteiger partial charge in [-0.1, -0.05) is 126 Å². The van der Waals surface area contributed by atoms with E-state index in [-0.39, 0.29) is 4.90 Å². The number of ether oxygens (including phenoxy) is 2. The Morgan fingerprint density at radius 1 is 0.864 bits per heavy atom. The molecule has 6 nitrogen and oxygen atoms in total. The SMILES string of the molecule is CCCCCCCCCCCCCCC1COC(COCCCCCCC[n+]2ccsc2)C1.Cc1ccc(S(=O)(=O)[O-])cc1. The third-order valence-electron chi connectivity index (χ3n) is 8.48. The second-order valence-corrected chi connectivity index (χ2v) is 14.7. The standard InChI is InChI=1S/C29H54NO2S.C7H8O3S/c1-2-3-4-5-6-7-8-9-10-11-13-16-19-28-24-29(32-25-28)26-31-22-18-15-12-14-17-20-30-21-23-33-27-30;1-6-2-4-7(5-3-6)11(8,9)10/h21,23,27-29H,2-20,22,24-26H2,1H3;2-5H,1H3,(H,8,9,10)/q+1;/p-1. The first-order valence-electron chi connectivity index (χ1n) is 17.5. The van der Waals surface area contributed by atoms with Crippen LogP contribution in [0.3, 0.4) is 0 Å². The first-order valence-corrected chi connectivity index (χ1v) is 19.9. The lowest BCUT2D eigenvalue weighted by Gasteiger charge is -2.10. The van der Waals surface area contributed by atoms with Gasteiger partial charge < -0.3 is 14.0 Å². The fourth-order valence-electron chi connectivity index (χ4n) is 5.71. The second kappa shape index (κ2) is 24.9. The molecule has 2 aromatic rings. The maximum Gasteiger partial charge on any atom is 0.224 e. The summed E-state index contributed by atoms with van der Waals surface area (Å²) in [6.45, 7) is 7.96. The highest BCUT2D eigenvalue weighted by Gasteiger charge is 2.25. The van der Waals surface area contributed by atoms with Gasteiger partial charge in [-0.05, 0) is 50.7 Å². The van der Waals surface area contributed by atoms with Gasteiger partial charge in [0.15, 0.2) is 6.20 Å². The van der Waals surface area contributed by atoms with Crippen LogP contribution in [0.2, 0.25) is 0 Å². The molecule has 0 aliphatic carbocycles. The van der Waals surface area contributed by atoms with Crippen LogP contribution in [0.1, 0.15) is 134 Å². The Balaban J connectivity index is 0.000000514. The molecule has 1 aromatic heterocycles. The lowest BCUT2D eigenvalue weighted by atomic mass is 9.97. The van der Waals surface area contributed by atoms with Gasteiger partial charge >= 0.3 is 0 Å². The van der Waals surface area contributed by atoms with Crippen molar-refractivity contribution in [3.63, 3.8) is 0 Å². The summed E-state index contributed by atoms with van der Waals surface area (Å²) in [7, 11) is -4.27. The van der Waals surface area contributed by atoms with E-state index in [4.69, 9.17) is 9.47 Å². The number of hydrogen-bond donors (Lipinski definition) is 0. The number of aromatic nitrogens is 1. The van der Waals surface area contributed by atoms with Gasteiger partial charge in [0.25, 0.3) is 0 Å². The molecule has 0 radical (unpaired) electrons. The van der Waals surface area contributed by atoms with Crippen molar-refractivity contribution in [1.82, 2.24) is 0 Å². The van der Waals surface area contributed by atoms with Gasteiger partial charge in [-0.2, -0.15) is 4.57 Å². The molecule has 2 atom stereocenters. The van der Waals surface area contributed by atoms with E-state index in [9.17, 15) is 13.0 Å². The number of thiazole rings is 1. The minimum absolute atomic E-state index is 0.178. The lowest BCUT2D eigenvalue weighted by molar-refractivity contribution is -0.692. The third kappa shape index (κ3) is 19.9. The fourth-order valence-corrected chi connectivity index (χ4v) is 6.81. The molecule has 1 fully saturated rings. The number of hydrogen-bond acceptors (Lipinski definition) is 6. The smallest absolute Gasteiger partial charge is 0.224 e. The molecule has 44 heavy (non-hydrogen) atoms. The van der Waals surface area contributed by atoms with Crippen molar-refractivity contribution >= 4 is 21.5 Å². The summed E-state index contributed by atoms with van der Waals surface area (Å²) in [6.07, 6.45) is 28.8. The summed E-state index contributed by atoms with van der Waals surface area (Å²) in [5, 5.41) is 2.15. The molecule has 0 saturated carbocycles. The zero-order valence-electron chi connectivity index (χ0n) is 27.8. The molecule has 1 saturated heterocycles. The highest BCUT2D eigenvalue weighted by atomic mass is 32.2. The Kier molecular flexibility index (Phi) is 22.0. The Labute approximate surface area is 273 Å². The van der Waals surface area contributed by atoms with E-state index >= 15 is 0 Å². The van der Waals surface area contributed by atoms with E-state index in [1.807, 2.05) is 6.92 Å². The van der Waals surface area contributed by atoms with Crippen LogP contribution in [0.4, 0.5) is 0 Å². The molecule has 0 spiro atoms. The first kappa shape index (κ1) is 38.9. The summed E-state index contributed by atoms with van der Waals surface area (Å²) >= 11 is 1.77. The Morgan fingerprint density at radius 3 is 2.05 bits per heavy atom. The van der Waals surface area contributed by atoms with Crippen molar-refractivity contribution in [3.8, 4) is 0 Å². The third-order valence-corrected chi connectivity index (χ3v) is 10.00. The summed E-state index contributed by atoms with van der Waals surface area (Å²) in [5.74, 6) is 0.780. The van der Waals surface area contributed by atoms with Crippen LogP contribution in [0.5, 0.6) is 0 Å². The van der Waals surface area contributed by atoms with E-state index in [0.29, 0.717) is 6.10 Å². The van der Waals surface area contributed by atoms with Gasteiger partial charge in [0.2, 0.25) is 5.51 Å². The zero-order valence-corrected chi connectivity index (χ0v) is 29.4. The number of unbranched alkanes of at least 4 members (excludes halogenated alkanes) is 15. The molecular formula is C36H61NO5S2. The lowest BCUT2D eigenvalue weighted by Crippen LogP contribution is -2.29. The second-order valence-electron chi connectivity index (χ2n) is 12.6. The molecule has 0 amide bonds. The van der Waals surface area contributed by atoms with Crippen molar-refractivity contribution in [2.75, 3.05) is 19.8 Å². The van der Waals surface area contributed by atoms with Gasteiger partial charge in [0.1, 0.15) is 16.7 Å². The van der Waals surface area contributed by atoms with E-state index in [2.05, 4.69) is 28.6 Å². The summed E-state index contributed by atoms with van der Waals surface area (Å²) in [4.78, 5) is -0.178. The first-order chi connectivity index (χ1) is 21.4. The Hall–Kier alpha value is -1.32. The minimum atomic E-state index is -4.27. The quantitative estimate of drug-likeness (QED) is 0.0642. The summed E-state index contributed by atoms with van der Waals surface area (Å²) in [6, 6.07) is 5.78. The van der Waals surface area contributed by atoms with E-state index in [1.165, 1.54) is 141 Å². The van der Waals surface area contributed by atoms with Gasteiger partial charge in [-0.15, -0.1) is 0 Å². The van der Waals surface area contributed by atoms with Crippen LogP contribution in [0, 0.1) is 12.8 Å². The Morgan fingerprint density at radius 2 is 1.45 bits per heavy atom. The van der Waals surface area contributed by atoms with Crippen LogP contribution in [0.25, 0.3) is 0 Å².